The number of hydrogen-bond donors (Lipinski definition) is 0. The first-order valence-corrected chi connectivity index (χ1v) is 6.43. The van der Waals surface area contributed by atoms with Crippen LogP contribution in [-0.2, 0) is 14.3 Å². The highest BCUT2D eigenvalue weighted by Gasteiger charge is 2.48. The van der Waals surface area contributed by atoms with Crippen molar-refractivity contribution in [2.24, 2.45) is 0 Å². The SMILES string of the molecule is CC(C)(C)OC(=O)N1CCOCC12CCC(=O)C2. The molecule has 5 nitrogen and oxygen atoms in total. The van der Waals surface area contributed by atoms with Crippen LogP contribution in [0.3, 0.4) is 0 Å². The number of nitrogens with zero attached hydrogens (tertiary/aromatic N) is 1. The van der Waals surface area contributed by atoms with Crippen LogP contribution < -0.4 is 0 Å². The quantitative estimate of drug-likeness (QED) is 0.661. The second kappa shape index (κ2) is 4.53. The van der Waals surface area contributed by atoms with Gasteiger partial charge in [-0.3, -0.25) is 9.69 Å². The van der Waals surface area contributed by atoms with Gasteiger partial charge in [-0.1, -0.05) is 0 Å². The number of hydrogen-bond acceptors (Lipinski definition) is 4. The first kappa shape index (κ1) is 13.3. The Hall–Kier alpha value is -1.10. The van der Waals surface area contributed by atoms with Crippen molar-refractivity contribution in [1.82, 2.24) is 4.90 Å². The summed E-state index contributed by atoms with van der Waals surface area (Å²) < 4.78 is 10.9. The largest absolute Gasteiger partial charge is 0.444 e. The van der Waals surface area contributed by atoms with E-state index in [0.717, 1.165) is 0 Å². The molecule has 1 spiro atoms. The number of carbonyl (C=O) groups is 2. The standard InChI is InChI=1S/C13H21NO4/c1-12(2,3)18-11(16)14-6-7-17-9-13(14)5-4-10(15)8-13/h4-9H2,1-3H3. The number of Topliss-reactive ketones (excluding diaryl/α,β-unsaturated/α-hetero) is 1. The van der Waals surface area contributed by atoms with Crippen LogP contribution in [0.1, 0.15) is 40.0 Å². The topological polar surface area (TPSA) is 55.8 Å². The predicted molar refractivity (Wildman–Crippen MR) is 65.3 cm³/mol. The van der Waals surface area contributed by atoms with Crippen LogP contribution in [0.25, 0.3) is 0 Å². The van der Waals surface area contributed by atoms with Crippen LogP contribution in [0.15, 0.2) is 0 Å². The van der Waals surface area contributed by atoms with Crippen molar-refractivity contribution in [1.29, 1.82) is 0 Å². The molecular formula is C13H21NO4. The molecule has 0 aromatic rings. The van der Waals surface area contributed by atoms with E-state index in [1.807, 2.05) is 20.8 Å². The van der Waals surface area contributed by atoms with Gasteiger partial charge in [-0.2, -0.15) is 0 Å². The molecule has 0 bridgehead atoms. The summed E-state index contributed by atoms with van der Waals surface area (Å²) in [7, 11) is 0. The van der Waals surface area contributed by atoms with Gasteiger partial charge in [0.15, 0.2) is 0 Å². The number of ether oxygens (including phenoxy) is 2. The van der Waals surface area contributed by atoms with Crippen molar-refractivity contribution in [3.63, 3.8) is 0 Å². The molecule has 0 aromatic carbocycles. The maximum Gasteiger partial charge on any atom is 0.410 e. The average molecular weight is 255 g/mol. The van der Waals surface area contributed by atoms with E-state index < -0.39 is 11.1 Å². The second-order valence-electron chi connectivity index (χ2n) is 6.12. The maximum atomic E-state index is 12.2. The first-order chi connectivity index (χ1) is 8.32. The van der Waals surface area contributed by atoms with Crippen molar-refractivity contribution < 1.29 is 19.1 Å². The lowest BCUT2D eigenvalue weighted by Gasteiger charge is -2.44. The van der Waals surface area contributed by atoms with Gasteiger partial charge in [-0.15, -0.1) is 0 Å². The van der Waals surface area contributed by atoms with Crippen LogP contribution in [0.5, 0.6) is 0 Å². The third kappa shape index (κ3) is 2.66. The van der Waals surface area contributed by atoms with Gasteiger partial charge in [0.2, 0.25) is 0 Å². The van der Waals surface area contributed by atoms with Crippen LogP contribution in [0, 0.1) is 0 Å². The van der Waals surface area contributed by atoms with Crippen LogP contribution >= 0.6 is 0 Å². The van der Waals surface area contributed by atoms with Crippen molar-refractivity contribution in [2.45, 2.75) is 51.2 Å². The van der Waals surface area contributed by atoms with Gasteiger partial charge >= 0.3 is 6.09 Å². The fourth-order valence-corrected chi connectivity index (χ4v) is 2.60. The summed E-state index contributed by atoms with van der Waals surface area (Å²) in [5.41, 5.74) is -0.975. The Bertz CT molecular complexity index is 360. The van der Waals surface area contributed by atoms with Gasteiger partial charge in [-0.05, 0) is 27.2 Å². The number of rotatable bonds is 0. The smallest absolute Gasteiger partial charge is 0.410 e. The Morgan fingerprint density at radius 2 is 2.17 bits per heavy atom. The number of ketones is 1. The second-order valence-corrected chi connectivity index (χ2v) is 6.12. The molecule has 1 saturated carbocycles. The zero-order valence-electron chi connectivity index (χ0n) is 11.3. The number of amides is 1. The molecule has 5 heteroatoms. The summed E-state index contributed by atoms with van der Waals surface area (Å²) in [5, 5.41) is 0. The molecule has 102 valence electrons. The van der Waals surface area contributed by atoms with Gasteiger partial charge in [0.1, 0.15) is 11.4 Å². The highest BCUT2D eigenvalue weighted by atomic mass is 16.6. The molecule has 18 heavy (non-hydrogen) atoms. The molecule has 1 unspecified atom stereocenters. The van der Waals surface area contributed by atoms with Crippen molar-refractivity contribution in [2.75, 3.05) is 19.8 Å². The molecule has 2 fully saturated rings. The van der Waals surface area contributed by atoms with E-state index in [1.165, 1.54) is 0 Å². The van der Waals surface area contributed by atoms with E-state index in [1.54, 1.807) is 4.90 Å². The Balaban J connectivity index is 2.13. The lowest BCUT2D eigenvalue weighted by molar-refractivity contribution is -0.120. The molecule has 2 rings (SSSR count). The van der Waals surface area contributed by atoms with E-state index in [0.29, 0.717) is 39.0 Å². The fourth-order valence-electron chi connectivity index (χ4n) is 2.60. The van der Waals surface area contributed by atoms with Crippen LogP contribution in [0.2, 0.25) is 0 Å². The van der Waals surface area contributed by atoms with Crippen LogP contribution in [0.4, 0.5) is 4.79 Å². The third-order valence-electron chi connectivity index (χ3n) is 3.41. The summed E-state index contributed by atoms with van der Waals surface area (Å²) in [6.07, 6.45) is 1.28. The molecule has 0 radical (unpaired) electrons. The van der Waals surface area contributed by atoms with E-state index >= 15 is 0 Å². The summed E-state index contributed by atoms with van der Waals surface area (Å²) in [4.78, 5) is 25.5. The molecule has 1 aliphatic heterocycles. The monoisotopic (exact) mass is 255 g/mol. The molecule has 1 atom stereocenters. The predicted octanol–water partition coefficient (Wildman–Crippen LogP) is 1.75. The Kier molecular flexibility index (Phi) is 3.36. The molecule has 1 saturated heterocycles. The van der Waals surface area contributed by atoms with Gasteiger partial charge in [-0.25, -0.2) is 4.79 Å². The number of morpholine rings is 1. The maximum absolute atomic E-state index is 12.2. The Morgan fingerprint density at radius 3 is 2.72 bits per heavy atom. The van der Waals surface area contributed by atoms with E-state index in [2.05, 4.69) is 0 Å². The summed E-state index contributed by atoms with van der Waals surface area (Å²) in [6.45, 7) is 6.99. The normalized spacial score (nSPS) is 28.8. The Labute approximate surface area is 107 Å². The van der Waals surface area contributed by atoms with Gasteiger partial charge in [0, 0.05) is 19.4 Å². The minimum absolute atomic E-state index is 0.203. The summed E-state index contributed by atoms with van der Waals surface area (Å²) >= 11 is 0. The highest BCUT2D eigenvalue weighted by molar-refractivity contribution is 5.83. The molecular weight excluding hydrogens is 234 g/mol. The molecule has 1 heterocycles. The molecule has 2 aliphatic rings. The minimum Gasteiger partial charge on any atom is -0.444 e. The van der Waals surface area contributed by atoms with E-state index in [9.17, 15) is 9.59 Å². The average Bonchev–Trinajstić information content (AvgIpc) is 2.58. The first-order valence-electron chi connectivity index (χ1n) is 6.43. The fraction of sp³-hybridized carbons (Fsp3) is 0.846. The van der Waals surface area contributed by atoms with Gasteiger partial charge < -0.3 is 9.47 Å². The summed E-state index contributed by atoms with van der Waals surface area (Å²) in [5.74, 6) is 0.203. The molecule has 0 N–H and O–H groups in total. The van der Waals surface area contributed by atoms with Crippen LogP contribution in [-0.4, -0.2) is 47.7 Å². The molecule has 1 aliphatic carbocycles. The lowest BCUT2D eigenvalue weighted by Crippen LogP contribution is -2.58. The molecule has 0 aromatic heterocycles. The number of carbonyl (C=O) groups excluding carboxylic acids is 2. The van der Waals surface area contributed by atoms with Crippen molar-refractivity contribution in [3.05, 3.63) is 0 Å². The third-order valence-corrected chi connectivity index (χ3v) is 3.41. The Morgan fingerprint density at radius 1 is 1.44 bits per heavy atom. The minimum atomic E-state index is -0.515. The van der Waals surface area contributed by atoms with E-state index in [4.69, 9.17) is 9.47 Å². The zero-order valence-corrected chi connectivity index (χ0v) is 11.3. The van der Waals surface area contributed by atoms with Crippen molar-refractivity contribution >= 4 is 11.9 Å². The van der Waals surface area contributed by atoms with E-state index in [-0.39, 0.29) is 11.9 Å². The lowest BCUT2D eigenvalue weighted by atomic mass is 9.95. The summed E-state index contributed by atoms with van der Waals surface area (Å²) in [6, 6.07) is 0. The molecule has 1 amide bonds. The van der Waals surface area contributed by atoms with Gasteiger partial charge in [0.25, 0.3) is 0 Å². The zero-order chi connectivity index (χ0) is 13.4. The van der Waals surface area contributed by atoms with Gasteiger partial charge in [0.05, 0.1) is 18.8 Å². The highest BCUT2D eigenvalue weighted by Crippen LogP contribution is 2.36. The van der Waals surface area contributed by atoms with Crippen molar-refractivity contribution in [3.8, 4) is 0 Å².